The standard InChI is InChI=1S/C22H21ClN4O3S/c1-12(2)29-17-4-3-13(11-16(17)23)20-25-26-21(31-20)15-5-8-24-19-14(15)6-9-27(19)10-7-18-22(28)30-18/h3-6,8-9,11-12,18,22,28H,7,10H2,1-2H3. The highest BCUT2D eigenvalue weighted by atomic mass is 35.5. The van der Waals surface area contributed by atoms with E-state index >= 15 is 0 Å². The Kier molecular flexibility index (Phi) is 5.39. The zero-order chi connectivity index (χ0) is 21.5. The van der Waals surface area contributed by atoms with Crippen molar-refractivity contribution in [3.05, 3.63) is 47.7 Å². The van der Waals surface area contributed by atoms with Gasteiger partial charge in [0.25, 0.3) is 0 Å². The summed E-state index contributed by atoms with van der Waals surface area (Å²) in [5.41, 5.74) is 2.76. The second-order valence-corrected chi connectivity index (χ2v) is 9.07. The summed E-state index contributed by atoms with van der Waals surface area (Å²) >= 11 is 7.90. The van der Waals surface area contributed by atoms with Crippen molar-refractivity contribution in [2.24, 2.45) is 0 Å². The van der Waals surface area contributed by atoms with Crippen molar-refractivity contribution in [1.29, 1.82) is 0 Å². The first kappa shape index (κ1) is 20.4. The van der Waals surface area contributed by atoms with E-state index in [4.69, 9.17) is 21.1 Å². The predicted molar refractivity (Wildman–Crippen MR) is 120 cm³/mol. The van der Waals surface area contributed by atoms with Crippen molar-refractivity contribution in [3.8, 4) is 26.9 Å². The van der Waals surface area contributed by atoms with E-state index in [1.165, 1.54) is 11.3 Å². The molecule has 1 N–H and O–H groups in total. The van der Waals surface area contributed by atoms with Gasteiger partial charge in [-0.3, -0.25) is 0 Å². The van der Waals surface area contributed by atoms with Crippen molar-refractivity contribution >= 4 is 34.0 Å². The van der Waals surface area contributed by atoms with E-state index in [0.29, 0.717) is 10.8 Å². The molecule has 31 heavy (non-hydrogen) atoms. The average molecular weight is 457 g/mol. The Bertz CT molecular complexity index is 1240. The first-order chi connectivity index (χ1) is 15.0. The Morgan fingerprint density at radius 1 is 1.23 bits per heavy atom. The van der Waals surface area contributed by atoms with Gasteiger partial charge in [0.15, 0.2) is 6.29 Å². The van der Waals surface area contributed by atoms with E-state index in [0.717, 1.165) is 45.1 Å². The molecule has 5 rings (SSSR count). The normalized spacial score (nSPS) is 18.1. The molecule has 4 heterocycles. The van der Waals surface area contributed by atoms with Crippen LogP contribution in [0.5, 0.6) is 5.75 Å². The lowest BCUT2D eigenvalue weighted by Gasteiger charge is -2.11. The van der Waals surface area contributed by atoms with Crippen LogP contribution in [0.25, 0.3) is 32.2 Å². The molecular weight excluding hydrogens is 436 g/mol. The van der Waals surface area contributed by atoms with Crippen molar-refractivity contribution in [2.75, 3.05) is 0 Å². The summed E-state index contributed by atoms with van der Waals surface area (Å²) in [5.74, 6) is 0.659. The predicted octanol–water partition coefficient (Wildman–Crippen LogP) is 4.77. The molecule has 1 fully saturated rings. The van der Waals surface area contributed by atoms with Crippen molar-refractivity contribution in [2.45, 2.75) is 45.3 Å². The maximum Gasteiger partial charge on any atom is 0.181 e. The highest BCUT2D eigenvalue weighted by molar-refractivity contribution is 7.18. The zero-order valence-corrected chi connectivity index (χ0v) is 18.6. The molecule has 7 nitrogen and oxygen atoms in total. The number of epoxide rings is 1. The fraction of sp³-hybridized carbons (Fsp3) is 0.318. The van der Waals surface area contributed by atoms with E-state index in [9.17, 15) is 5.11 Å². The lowest BCUT2D eigenvalue weighted by Crippen LogP contribution is -2.05. The zero-order valence-electron chi connectivity index (χ0n) is 17.0. The van der Waals surface area contributed by atoms with Gasteiger partial charge in [-0.1, -0.05) is 22.9 Å². The average Bonchev–Trinajstić information content (AvgIpc) is 3.13. The number of benzene rings is 1. The summed E-state index contributed by atoms with van der Waals surface area (Å²) in [4.78, 5) is 4.54. The molecule has 1 aliphatic rings. The fourth-order valence-corrected chi connectivity index (χ4v) is 4.60. The van der Waals surface area contributed by atoms with Gasteiger partial charge in [0, 0.05) is 35.5 Å². The topological polar surface area (TPSA) is 85.6 Å². The van der Waals surface area contributed by atoms with E-state index in [1.54, 1.807) is 6.20 Å². The highest BCUT2D eigenvalue weighted by Crippen LogP contribution is 2.36. The van der Waals surface area contributed by atoms with Crippen LogP contribution >= 0.6 is 22.9 Å². The van der Waals surface area contributed by atoms with Crippen LogP contribution < -0.4 is 4.74 Å². The summed E-state index contributed by atoms with van der Waals surface area (Å²) < 4.78 is 12.9. The number of pyridine rings is 1. The summed E-state index contributed by atoms with van der Waals surface area (Å²) in [5, 5.41) is 21.3. The monoisotopic (exact) mass is 456 g/mol. The largest absolute Gasteiger partial charge is 0.489 e. The summed E-state index contributed by atoms with van der Waals surface area (Å²) in [6.45, 7) is 4.66. The van der Waals surface area contributed by atoms with Gasteiger partial charge in [-0.25, -0.2) is 4.98 Å². The minimum Gasteiger partial charge on any atom is -0.489 e. The molecule has 1 aromatic carbocycles. The number of rotatable bonds is 7. The number of aliphatic hydroxyl groups is 1. The van der Waals surface area contributed by atoms with Gasteiger partial charge < -0.3 is 19.1 Å². The molecule has 3 aromatic heterocycles. The molecule has 2 atom stereocenters. The Balaban J connectivity index is 1.42. The maximum absolute atomic E-state index is 9.35. The van der Waals surface area contributed by atoms with E-state index in [1.807, 2.05) is 50.4 Å². The molecule has 4 aromatic rings. The number of aryl methyl sites for hydroxylation is 1. The third kappa shape index (κ3) is 4.16. The first-order valence-electron chi connectivity index (χ1n) is 10.1. The lowest BCUT2D eigenvalue weighted by atomic mass is 10.2. The van der Waals surface area contributed by atoms with Gasteiger partial charge in [-0.15, -0.1) is 10.2 Å². The smallest absolute Gasteiger partial charge is 0.181 e. The number of hydrogen-bond acceptors (Lipinski definition) is 7. The second kappa shape index (κ2) is 8.20. The van der Waals surface area contributed by atoms with Crippen molar-refractivity contribution in [1.82, 2.24) is 19.7 Å². The number of ether oxygens (including phenoxy) is 2. The number of hydrogen-bond donors (Lipinski definition) is 1. The Morgan fingerprint density at radius 2 is 2.03 bits per heavy atom. The minimum atomic E-state index is -0.621. The fourth-order valence-electron chi connectivity index (χ4n) is 3.50. The van der Waals surface area contributed by atoms with Crippen LogP contribution in [0.1, 0.15) is 20.3 Å². The van der Waals surface area contributed by atoms with Crippen molar-refractivity contribution in [3.63, 3.8) is 0 Å². The van der Waals surface area contributed by atoms with E-state index < -0.39 is 6.29 Å². The summed E-state index contributed by atoms with van der Waals surface area (Å²) in [7, 11) is 0. The minimum absolute atomic E-state index is 0.0553. The van der Waals surface area contributed by atoms with Crippen molar-refractivity contribution < 1.29 is 14.6 Å². The number of halogens is 1. The number of aromatic nitrogens is 4. The molecule has 0 radical (unpaired) electrons. The third-order valence-corrected chi connectivity index (χ3v) is 6.37. The first-order valence-corrected chi connectivity index (χ1v) is 11.3. The Morgan fingerprint density at radius 3 is 2.77 bits per heavy atom. The molecule has 1 aliphatic heterocycles. The number of nitrogens with zero attached hydrogens (tertiary/aromatic N) is 4. The van der Waals surface area contributed by atoms with Crippen LogP contribution in [0, 0.1) is 0 Å². The second-order valence-electron chi connectivity index (χ2n) is 7.68. The lowest BCUT2D eigenvalue weighted by molar-refractivity contribution is 0.156. The van der Waals surface area contributed by atoms with Gasteiger partial charge >= 0.3 is 0 Å². The maximum atomic E-state index is 9.35. The summed E-state index contributed by atoms with van der Waals surface area (Å²) in [6, 6.07) is 9.66. The van der Waals surface area contributed by atoms with Crippen LogP contribution in [0.4, 0.5) is 0 Å². The Hall–Kier alpha value is -2.52. The molecular formula is C22H21ClN4O3S. The van der Waals surface area contributed by atoms with Gasteiger partial charge in [0.1, 0.15) is 27.5 Å². The van der Waals surface area contributed by atoms with Crippen LogP contribution in [0.15, 0.2) is 42.7 Å². The van der Waals surface area contributed by atoms with Gasteiger partial charge in [-0.05, 0) is 50.6 Å². The van der Waals surface area contributed by atoms with E-state index in [-0.39, 0.29) is 12.2 Å². The number of aliphatic hydroxyl groups excluding tert-OH is 1. The highest BCUT2D eigenvalue weighted by Gasteiger charge is 2.36. The van der Waals surface area contributed by atoms with E-state index in [2.05, 4.69) is 19.7 Å². The quantitative estimate of drug-likeness (QED) is 0.403. The van der Waals surface area contributed by atoms with Gasteiger partial charge in [0.2, 0.25) is 0 Å². The molecule has 0 aliphatic carbocycles. The van der Waals surface area contributed by atoms with Crippen LogP contribution in [0.2, 0.25) is 5.02 Å². The Labute approximate surface area is 188 Å². The SMILES string of the molecule is CC(C)Oc1ccc(-c2nnc(-c3ccnc4c3ccn4CCC3OC3O)s2)cc1Cl. The molecule has 0 bridgehead atoms. The van der Waals surface area contributed by atoms with Crippen LogP contribution in [-0.4, -0.2) is 43.4 Å². The van der Waals surface area contributed by atoms with Gasteiger partial charge in [0.05, 0.1) is 11.1 Å². The van der Waals surface area contributed by atoms with Gasteiger partial charge in [-0.2, -0.15) is 0 Å². The molecule has 0 saturated carbocycles. The molecule has 0 spiro atoms. The number of fused-ring (bicyclic) bond motifs is 1. The third-order valence-electron chi connectivity index (χ3n) is 5.07. The molecule has 9 heteroatoms. The molecule has 1 saturated heterocycles. The summed E-state index contributed by atoms with van der Waals surface area (Å²) in [6.07, 6.45) is 3.90. The molecule has 0 amide bonds. The van der Waals surface area contributed by atoms with Crippen LogP contribution in [-0.2, 0) is 11.3 Å². The molecule has 2 unspecified atom stereocenters. The molecule has 160 valence electrons. The van der Waals surface area contributed by atoms with Crippen LogP contribution in [0.3, 0.4) is 0 Å².